The van der Waals surface area contributed by atoms with Crippen molar-refractivity contribution in [2.45, 2.75) is 97.5 Å². The SMILES string of the molecule is CC(C)(C)CC1(C(O)OC2C3CCC4C2OC(=O)C4(COC2CCOC2=O)C3C(F)(F)F)CC1(C)C. The number of aliphatic hydroxyl groups is 1. The number of hydrogen-bond donors (Lipinski definition) is 1. The molecule has 0 aromatic carbocycles. The van der Waals surface area contributed by atoms with E-state index in [0.717, 1.165) is 0 Å². The molecule has 9 unspecified atom stereocenters. The van der Waals surface area contributed by atoms with Crippen LogP contribution in [0.25, 0.3) is 0 Å². The number of ether oxygens (including phenoxy) is 4. The van der Waals surface area contributed by atoms with Crippen LogP contribution in [0.4, 0.5) is 13.2 Å². The quantitative estimate of drug-likeness (QED) is 0.402. The van der Waals surface area contributed by atoms with E-state index in [-0.39, 0.29) is 30.3 Å². The molecule has 2 aliphatic heterocycles. The first-order chi connectivity index (χ1) is 16.5. The summed E-state index contributed by atoms with van der Waals surface area (Å²) in [6.45, 7) is 9.83. The third-order valence-electron chi connectivity index (χ3n) is 9.57. The van der Waals surface area contributed by atoms with Gasteiger partial charge in [0, 0.05) is 23.7 Å². The molecular formula is C26H37F3O7. The molecule has 4 aliphatic carbocycles. The molecule has 4 saturated carbocycles. The molecule has 6 rings (SSSR count). The van der Waals surface area contributed by atoms with Crippen LogP contribution in [0.3, 0.4) is 0 Å². The molecule has 204 valence electrons. The van der Waals surface area contributed by atoms with E-state index in [2.05, 4.69) is 20.8 Å². The molecule has 2 heterocycles. The van der Waals surface area contributed by atoms with Crippen LogP contribution < -0.4 is 0 Å². The van der Waals surface area contributed by atoms with Gasteiger partial charge in [0.25, 0.3) is 0 Å². The smallest absolute Gasteiger partial charge is 0.393 e. The van der Waals surface area contributed by atoms with Crippen LogP contribution >= 0.6 is 0 Å². The summed E-state index contributed by atoms with van der Waals surface area (Å²) in [6.07, 6.45) is -6.77. The van der Waals surface area contributed by atoms with Crippen molar-refractivity contribution in [2.24, 2.45) is 39.4 Å². The molecule has 6 aliphatic rings. The maximum atomic E-state index is 14.7. The molecule has 36 heavy (non-hydrogen) atoms. The second kappa shape index (κ2) is 8.06. The lowest BCUT2D eigenvalue weighted by atomic mass is 9.49. The first-order valence-electron chi connectivity index (χ1n) is 12.9. The van der Waals surface area contributed by atoms with Crippen molar-refractivity contribution in [3.63, 3.8) is 0 Å². The lowest BCUT2D eigenvalue weighted by Gasteiger charge is -2.55. The van der Waals surface area contributed by atoms with Gasteiger partial charge in [0.1, 0.15) is 17.6 Å². The Balaban J connectivity index is 1.43. The number of cyclic esters (lactones) is 1. The summed E-state index contributed by atoms with van der Waals surface area (Å²) in [5.74, 6) is -5.46. The molecule has 0 radical (unpaired) electrons. The number of rotatable bonds is 7. The van der Waals surface area contributed by atoms with Crippen molar-refractivity contribution in [3.8, 4) is 0 Å². The monoisotopic (exact) mass is 518 g/mol. The molecule has 2 saturated heterocycles. The number of alkyl halides is 3. The fraction of sp³-hybridized carbons (Fsp3) is 0.923. The number of hydrogen-bond acceptors (Lipinski definition) is 7. The highest BCUT2D eigenvalue weighted by Crippen LogP contribution is 2.71. The molecule has 0 aromatic rings. The fourth-order valence-corrected chi connectivity index (χ4v) is 7.97. The Labute approximate surface area is 209 Å². The van der Waals surface area contributed by atoms with Gasteiger partial charge in [-0.05, 0) is 36.5 Å². The zero-order chi connectivity index (χ0) is 26.5. The van der Waals surface area contributed by atoms with Crippen molar-refractivity contribution in [3.05, 3.63) is 0 Å². The number of aliphatic hydroxyl groups excluding tert-OH is 1. The Kier molecular flexibility index (Phi) is 5.87. The van der Waals surface area contributed by atoms with Gasteiger partial charge in [-0.3, -0.25) is 4.79 Å². The van der Waals surface area contributed by atoms with E-state index in [1.807, 2.05) is 13.8 Å². The maximum Gasteiger partial charge on any atom is 0.393 e. The normalized spacial score (nSPS) is 43.9. The molecule has 9 atom stereocenters. The van der Waals surface area contributed by atoms with Crippen LogP contribution in [-0.2, 0) is 28.5 Å². The van der Waals surface area contributed by atoms with Crippen LogP contribution in [-0.4, -0.2) is 61.0 Å². The molecule has 6 fully saturated rings. The van der Waals surface area contributed by atoms with Crippen LogP contribution in [0.1, 0.15) is 66.7 Å². The summed E-state index contributed by atoms with van der Waals surface area (Å²) in [6, 6.07) is 0. The first kappa shape index (κ1) is 26.2. The zero-order valence-electron chi connectivity index (χ0n) is 21.5. The topological polar surface area (TPSA) is 91.3 Å². The Morgan fingerprint density at radius 2 is 1.81 bits per heavy atom. The number of halogens is 3. The van der Waals surface area contributed by atoms with Crippen molar-refractivity contribution < 1.29 is 46.8 Å². The summed E-state index contributed by atoms with van der Waals surface area (Å²) >= 11 is 0. The third-order valence-corrected chi connectivity index (χ3v) is 9.57. The van der Waals surface area contributed by atoms with Crippen molar-refractivity contribution >= 4 is 11.9 Å². The predicted octanol–water partition coefficient (Wildman–Crippen LogP) is 4.00. The van der Waals surface area contributed by atoms with Crippen molar-refractivity contribution in [1.29, 1.82) is 0 Å². The second-order valence-electron chi connectivity index (χ2n) is 13.4. The highest BCUT2D eigenvalue weighted by Gasteiger charge is 2.78. The zero-order valence-corrected chi connectivity index (χ0v) is 21.5. The molecule has 4 bridgehead atoms. The predicted molar refractivity (Wildman–Crippen MR) is 119 cm³/mol. The highest BCUT2D eigenvalue weighted by molar-refractivity contribution is 5.82. The molecular weight excluding hydrogens is 481 g/mol. The van der Waals surface area contributed by atoms with Gasteiger partial charge in [-0.2, -0.15) is 13.2 Å². The summed E-state index contributed by atoms with van der Waals surface area (Å²) < 4.78 is 66.3. The van der Waals surface area contributed by atoms with Gasteiger partial charge in [-0.15, -0.1) is 0 Å². The number of carbonyl (C=O) groups excluding carboxylic acids is 2. The van der Waals surface area contributed by atoms with E-state index in [1.54, 1.807) is 0 Å². The average Bonchev–Trinajstić information content (AvgIpc) is 3.00. The first-order valence-corrected chi connectivity index (χ1v) is 12.9. The number of carbonyl (C=O) groups is 2. The van der Waals surface area contributed by atoms with Crippen LogP contribution in [0.2, 0.25) is 0 Å². The largest absolute Gasteiger partial charge is 0.464 e. The number of esters is 2. The molecule has 0 aromatic heterocycles. The lowest BCUT2D eigenvalue weighted by Crippen LogP contribution is -2.65. The summed E-state index contributed by atoms with van der Waals surface area (Å²) in [7, 11) is 0. The van der Waals surface area contributed by atoms with Gasteiger partial charge in [-0.1, -0.05) is 34.6 Å². The van der Waals surface area contributed by atoms with E-state index >= 15 is 0 Å². The van der Waals surface area contributed by atoms with E-state index in [9.17, 15) is 27.9 Å². The summed E-state index contributed by atoms with van der Waals surface area (Å²) in [4.78, 5) is 25.1. The Hall–Kier alpha value is -1.39. The average molecular weight is 519 g/mol. The molecule has 0 spiro atoms. The van der Waals surface area contributed by atoms with Crippen molar-refractivity contribution in [1.82, 2.24) is 0 Å². The van der Waals surface area contributed by atoms with Crippen LogP contribution in [0, 0.1) is 39.4 Å². The van der Waals surface area contributed by atoms with Gasteiger partial charge < -0.3 is 24.1 Å². The summed E-state index contributed by atoms with van der Waals surface area (Å²) in [5.41, 5.74) is -2.86. The molecule has 10 heteroatoms. The second-order valence-corrected chi connectivity index (χ2v) is 13.4. The lowest BCUT2D eigenvalue weighted by molar-refractivity contribution is -0.302. The van der Waals surface area contributed by atoms with Crippen LogP contribution in [0.5, 0.6) is 0 Å². The maximum absolute atomic E-state index is 14.7. The third kappa shape index (κ3) is 3.80. The Morgan fingerprint density at radius 3 is 2.33 bits per heavy atom. The van der Waals surface area contributed by atoms with Gasteiger partial charge >= 0.3 is 18.1 Å². The highest BCUT2D eigenvalue weighted by atomic mass is 19.4. The minimum absolute atomic E-state index is 0.119. The van der Waals surface area contributed by atoms with Gasteiger partial charge in [0.05, 0.1) is 19.1 Å². The fourth-order valence-electron chi connectivity index (χ4n) is 7.97. The van der Waals surface area contributed by atoms with Gasteiger partial charge in [0.2, 0.25) is 0 Å². The minimum atomic E-state index is -4.72. The van der Waals surface area contributed by atoms with E-state index < -0.39 is 77.9 Å². The van der Waals surface area contributed by atoms with Gasteiger partial charge in [-0.25, -0.2) is 4.79 Å². The number of fused-ring (bicyclic) bond motifs is 1. The van der Waals surface area contributed by atoms with Gasteiger partial charge in [0.15, 0.2) is 12.4 Å². The van der Waals surface area contributed by atoms with Crippen molar-refractivity contribution in [2.75, 3.05) is 13.2 Å². The minimum Gasteiger partial charge on any atom is -0.464 e. The van der Waals surface area contributed by atoms with E-state index in [4.69, 9.17) is 18.9 Å². The van der Waals surface area contributed by atoms with E-state index in [0.29, 0.717) is 19.3 Å². The molecule has 0 amide bonds. The Morgan fingerprint density at radius 1 is 1.14 bits per heavy atom. The Bertz CT molecular complexity index is 927. The van der Waals surface area contributed by atoms with E-state index in [1.165, 1.54) is 0 Å². The summed E-state index contributed by atoms with van der Waals surface area (Å²) in [5, 5.41) is 11.3. The van der Waals surface area contributed by atoms with Crippen LogP contribution in [0.15, 0.2) is 0 Å². The molecule has 1 N–H and O–H groups in total. The standard InChI is InChI=1S/C26H37F3O7/c1-22(2,3)10-24(11-23(24,4)5)20(31)35-16-13-6-7-14-17(16)36-21(32)25(14,18(13)26(27,28)29)12-34-15-8-9-33-19(15)30/h13-18,20,31H,6-12H2,1-5H3. The molecule has 7 nitrogen and oxygen atoms in total.